The van der Waals surface area contributed by atoms with Gasteiger partial charge < -0.3 is 14.7 Å². The van der Waals surface area contributed by atoms with E-state index in [2.05, 4.69) is 19.1 Å². The molecule has 1 aromatic rings. The molecule has 0 bridgehead atoms. The highest BCUT2D eigenvalue weighted by Crippen LogP contribution is 2.49. The van der Waals surface area contributed by atoms with Gasteiger partial charge in [0.1, 0.15) is 0 Å². The highest BCUT2D eigenvalue weighted by molar-refractivity contribution is 5.83. The average molecular weight is 303 g/mol. The lowest BCUT2D eigenvalue weighted by Gasteiger charge is -2.32. The summed E-state index contributed by atoms with van der Waals surface area (Å²) in [6, 6.07) is 8.20. The van der Waals surface area contributed by atoms with Crippen LogP contribution < -0.4 is 0 Å². The summed E-state index contributed by atoms with van der Waals surface area (Å²) in [6.45, 7) is 3.45. The number of carbonyl (C=O) groups excluding carboxylic acids is 1. The number of rotatable bonds is 4. The monoisotopic (exact) mass is 303 g/mol. The Kier molecular flexibility index (Phi) is 4.16. The molecule has 1 saturated carbocycles. The Morgan fingerprint density at radius 2 is 2.14 bits per heavy atom. The largest absolute Gasteiger partial charge is 0.481 e. The van der Waals surface area contributed by atoms with Gasteiger partial charge in [0.25, 0.3) is 0 Å². The van der Waals surface area contributed by atoms with Crippen molar-refractivity contribution in [3.05, 3.63) is 35.4 Å². The summed E-state index contributed by atoms with van der Waals surface area (Å²) in [5.41, 5.74) is 2.49. The van der Waals surface area contributed by atoms with Crippen molar-refractivity contribution in [1.29, 1.82) is 0 Å². The molecule has 0 aromatic heterocycles. The molecule has 1 N–H and O–H groups in total. The summed E-state index contributed by atoms with van der Waals surface area (Å²) >= 11 is 0. The number of hydrogen-bond donors (Lipinski definition) is 1. The number of carboxylic acid groups (broad SMARTS) is 1. The molecule has 2 fully saturated rings. The minimum absolute atomic E-state index is 0.0460. The van der Waals surface area contributed by atoms with E-state index in [0.29, 0.717) is 25.6 Å². The Bertz CT molecular complexity index is 586. The van der Waals surface area contributed by atoms with Crippen LogP contribution in [0.25, 0.3) is 0 Å². The van der Waals surface area contributed by atoms with Gasteiger partial charge in [0.15, 0.2) is 0 Å². The fraction of sp³-hybridized carbons (Fsp3) is 0.529. The standard InChI is InChI=1S/C17H21NO4/c1-11-4-2-3-5-13(11)14-9-15(14)17(21)18-6-7-22-12(10-18)8-16(19)20/h2-5,12,14-15H,6-10H2,1H3,(H,19,20). The second-order valence-corrected chi connectivity index (χ2v) is 6.18. The third-order valence-corrected chi connectivity index (χ3v) is 4.55. The molecule has 118 valence electrons. The molecule has 0 radical (unpaired) electrons. The van der Waals surface area contributed by atoms with Crippen molar-refractivity contribution in [1.82, 2.24) is 4.90 Å². The number of carbonyl (C=O) groups is 2. The molecule has 5 nitrogen and oxygen atoms in total. The smallest absolute Gasteiger partial charge is 0.306 e. The van der Waals surface area contributed by atoms with E-state index < -0.39 is 5.97 Å². The molecule has 3 atom stereocenters. The van der Waals surface area contributed by atoms with Crippen LogP contribution in [0, 0.1) is 12.8 Å². The van der Waals surface area contributed by atoms with Gasteiger partial charge in [0, 0.05) is 19.0 Å². The van der Waals surface area contributed by atoms with Gasteiger partial charge in [-0.2, -0.15) is 0 Å². The maximum Gasteiger partial charge on any atom is 0.306 e. The van der Waals surface area contributed by atoms with Crippen molar-refractivity contribution in [2.45, 2.75) is 31.8 Å². The quantitative estimate of drug-likeness (QED) is 0.921. The lowest BCUT2D eigenvalue weighted by molar-refractivity contribution is -0.148. The average Bonchev–Trinajstić information content (AvgIpc) is 3.27. The van der Waals surface area contributed by atoms with Crippen molar-refractivity contribution >= 4 is 11.9 Å². The minimum atomic E-state index is -0.886. The summed E-state index contributed by atoms with van der Waals surface area (Å²) in [5.74, 6) is -0.380. The Morgan fingerprint density at radius 1 is 1.36 bits per heavy atom. The normalized spacial score (nSPS) is 27.5. The molecule has 5 heteroatoms. The molecule has 1 saturated heterocycles. The number of hydrogen-bond acceptors (Lipinski definition) is 3. The van der Waals surface area contributed by atoms with Crippen LogP contribution in [-0.2, 0) is 14.3 Å². The van der Waals surface area contributed by atoms with Crippen molar-refractivity contribution in [2.24, 2.45) is 5.92 Å². The Balaban J connectivity index is 1.61. The lowest BCUT2D eigenvalue weighted by Crippen LogP contribution is -2.47. The fourth-order valence-electron chi connectivity index (χ4n) is 3.29. The van der Waals surface area contributed by atoms with Crippen molar-refractivity contribution in [2.75, 3.05) is 19.7 Å². The number of carboxylic acids is 1. The van der Waals surface area contributed by atoms with Crippen LogP contribution in [0.15, 0.2) is 24.3 Å². The molecular weight excluding hydrogens is 282 g/mol. The van der Waals surface area contributed by atoms with Crippen LogP contribution >= 0.6 is 0 Å². The summed E-state index contributed by atoms with van der Waals surface area (Å²) in [7, 11) is 0. The van der Waals surface area contributed by atoms with Crippen molar-refractivity contribution in [3.8, 4) is 0 Å². The number of amides is 1. The molecule has 1 heterocycles. The van der Waals surface area contributed by atoms with Gasteiger partial charge in [-0.15, -0.1) is 0 Å². The van der Waals surface area contributed by atoms with E-state index in [1.165, 1.54) is 11.1 Å². The summed E-state index contributed by atoms with van der Waals surface area (Å²) < 4.78 is 5.43. The van der Waals surface area contributed by atoms with E-state index in [9.17, 15) is 9.59 Å². The zero-order valence-electron chi connectivity index (χ0n) is 12.7. The third-order valence-electron chi connectivity index (χ3n) is 4.55. The Labute approximate surface area is 129 Å². The highest BCUT2D eigenvalue weighted by Gasteiger charge is 2.46. The van der Waals surface area contributed by atoms with Crippen LogP contribution in [0.5, 0.6) is 0 Å². The summed E-state index contributed by atoms with van der Waals surface area (Å²) in [4.78, 5) is 25.2. The zero-order chi connectivity index (χ0) is 15.7. The number of aliphatic carboxylic acids is 1. The predicted octanol–water partition coefficient (Wildman–Crippen LogP) is 1.80. The number of ether oxygens (including phenoxy) is 1. The second-order valence-electron chi connectivity index (χ2n) is 6.18. The fourth-order valence-corrected chi connectivity index (χ4v) is 3.29. The van der Waals surface area contributed by atoms with E-state index in [1.54, 1.807) is 4.90 Å². The molecule has 3 rings (SSSR count). The lowest BCUT2D eigenvalue weighted by atomic mass is 10.0. The van der Waals surface area contributed by atoms with Crippen LogP contribution in [-0.4, -0.2) is 47.7 Å². The van der Waals surface area contributed by atoms with Gasteiger partial charge in [-0.25, -0.2) is 0 Å². The number of morpholine rings is 1. The molecule has 1 amide bonds. The van der Waals surface area contributed by atoms with Crippen molar-refractivity contribution in [3.63, 3.8) is 0 Å². The summed E-state index contributed by atoms with van der Waals surface area (Å²) in [6.07, 6.45) is 0.464. The second kappa shape index (κ2) is 6.08. The predicted molar refractivity (Wildman–Crippen MR) is 80.6 cm³/mol. The van der Waals surface area contributed by atoms with Gasteiger partial charge in [-0.3, -0.25) is 9.59 Å². The Hall–Kier alpha value is -1.88. The van der Waals surface area contributed by atoms with Crippen LogP contribution in [0.4, 0.5) is 0 Å². The highest BCUT2D eigenvalue weighted by atomic mass is 16.5. The van der Waals surface area contributed by atoms with Crippen LogP contribution in [0.3, 0.4) is 0 Å². The summed E-state index contributed by atoms with van der Waals surface area (Å²) in [5, 5.41) is 8.85. The van der Waals surface area contributed by atoms with Gasteiger partial charge in [-0.05, 0) is 30.4 Å². The minimum Gasteiger partial charge on any atom is -0.481 e. The molecule has 1 aliphatic carbocycles. The van der Waals surface area contributed by atoms with E-state index >= 15 is 0 Å². The number of nitrogens with zero attached hydrogens (tertiary/aromatic N) is 1. The molecule has 1 aromatic carbocycles. The van der Waals surface area contributed by atoms with Crippen LogP contribution in [0.1, 0.15) is 29.9 Å². The van der Waals surface area contributed by atoms with E-state index in [0.717, 1.165) is 6.42 Å². The first kappa shape index (κ1) is 15.0. The van der Waals surface area contributed by atoms with Crippen LogP contribution in [0.2, 0.25) is 0 Å². The number of benzene rings is 1. The van der Waals surface area contributed by atoms with E-state index in [1.807, 2.05) is 12.1 Å². The zero-order valence-corrected chi connectivity index (χ0v) is 12.7. The van der Waals surface area contributed by atoms with Gasteiger partial charge in [0.05, 0.1) is 19.1 Å². The van der Waals surface area contributed by atoms with Gasteiger partial charge in [0.2, 0.25) is 5.91 Å². The molecule has 22 heavy (non-hydrogen) atoms. The maximum atomic E-state index is 12.6. The van der Waals surface area contributed by atoms with Crippen molar-refractivity contribution < 1.29 is 19.4 Å². The molecule has 0 spiro atoms. The molecule has 3 unspecified atom stereocenters. The molecule has 1 aliphatic heterocycles. The topological polar surface area (TPSA) is 66.8 Å². The Morgan fingerprint density at radius 3 is 2.86 bits per heavy atom. The van der Waals surface area contributed by atoms with E-state index in [-0.39, 0.29) is 24.3 Å². The first-order valence-corrected chi connectivity index (χ1v) is 7.74. The van der Waals surface area contributed by atoms with Gasteiger partial charge in [-0.1, -0.05) is 24.3 Å². The third kappa shape index (κ3) is 3.14. The first-order chi connectivity index (χ1) is 10.6. The first-order valence-electron chi connectivity index (χ1n) is 7.74. The maximum absolute atomic E-state index is 12.6. The van der Waals surface area contributed by atoms with E-state index in [4.69, 9.17) is 9.84 Å². The number of aryl methyl sites for hydroxylation is 1. The molecule has 2 aliphatic rings. The SMILES string of the molecule is Cc1ccccc1C1CC1C(=O)N1CCOC(CC(=O)O)C1. The van der Waals surface area contributed by atoms with Gasteiger partial charge >= 0.3 is 5.97 Å². The molecular formula is C17H21NO4.